The van der Waals surface area contributed by atoms with Gasteiger partial charge in [-0.2, -0.15) is 0 Å². The van der Waals surface area contributed by atoms with E-state index in [0.717, 1.165) is 24.2 Å². The zero-order valence-corrected chi connectivity index (χ0v) is 19.6. The molecule has 8 nitrogen and oxygen atoms in total. The second kappa shape index (κ2) is 11.8. The van der Waals surface area contributed by atoms with Crippen molar-refractivity contribution in [2.45, 2.75) is 31.6 Å². The third-order valence-electron chi connectivity index (χ3n) is 5.63. The van der Waals surface area contributed by atoms with Crippen molar-refractivity contribution < 1.29 is 22.7 Å². The summed E-state index contributed by atoms with van der Waals surface area (Å²) in [5, 5.41) is 2.94. The molecule has 2 aromatic carbocycles. The molecule has 1 saturated heterocycles. The normalized spacial score (nSPS) is 16.3. The summed E-state index contributed by atoms with van der Waals surface area (Å²) in [5.74, 6) is 0.333. The summed E-state index contributed by atoms with van der Waals surface area (Å²) < 4.78 is 31.2. The van der Waals surface area contributed by atoms with Gasteiger partial charge in [0.2, 0.25) is 21.8 Å². The van der Waals surface area contributed by atoms with Gasteiger partial charge in [0.25, 0.3) is 0 Å². The van der Waals surface area contributed by atoms with Crippen LogP contribution in [-0.4, -0.2) is 51.9 Å². The number of piperidine rings is 1. The van der Waals surface area contributed by atoms with E-state index in [4.69, 9.17) is 4.74 Å². The lowest BCUT2D eigenvalue weighted by Crippen LogP contribution is -2.45. The number of carbonyl (C=O) groups is 2. The number of sulfonamides is 1. The number of likely N-dealkylation sites (tertiary alicyclic amines) is 1. The molecule has 0 saturated carbocycles. The molecule has 9 heteroatoms. The number of hydrogen-bond donors (Lipinski definition) is 2. The van der Waals surface area contributed by atoms with E-state index in [1.54, 1.807) is 17.0 Å². The van der Waals surface area contributed by atoms with Crippen LogP contribution in [0.15, 0.2) is 54.6 Å². The van der Waals surface area contributed by atoms with Gasteiger partial charge in [0.15, 0.2) is 0 Å². The van der Waals surface area contributed by atoms with Crippen molar-refractivity contribution in [2.75, 3.05) is 26.7 Å². The largest absolute Gasteiger partial charge is 0.493 e. The van der Waals surface area contributed by atoms with Crippen LogP contribution in [-0.2, 0) is 31.9 Å². The third-order valence-corrected chi connectivity index (χ3v) is 6.97. The van der Waals surface area contributed by atoms with Crippen molar-refractivity contribution >= 4 is 21.8 Å². The molecule has 33 heavy (non-hydrogen) atoms. The van der Waals surface area contributed by atoms with Gasteiger partial charge >= 0.3 is 0 Å². The number of amides is 2. The molecule has 1 unspecified atom stereocenters. The summed E-state index contributed by atoms with van der Waals surface area (Å²) in [5.41, 5.74) is 1.56. The Balaban J connectivity index is 1.43. The van der Waals surface area contributed by atoms with Gasteiger partial charge in [-0.1, -0.05) is 42.5 Å². The number of para-hydroxylation sites is 1. The predicted molar refractivity (Wildman–Crippen MR) is 126 cm³/mol. The van der Waals surface area contributed by atoms with Crippen LogP contribution in [0.4, 0.5) is 0 Å². The molecule has 1 heterocycles. The van der Waals surface area contributed by atoms with Gasteiger partial charge in [0.05, 0.1) is 24.7 Å². The Kier molecular flexibility index (Phi) is 8.85. The smallest absolute Gasteiger partial charge is 0.226 e. The topological polar surface area (TPSA) is 105 Å². The van der Waals surface area contributed by atoms with Crippen molar-refractivity contribution in [3.05, 3.63) is 65.7 Å². The minimum Gasteiger partial charge on any atom is -0.493 e. The van der Waals surface area contributed by atoms with E-state index in [2.05, 4.69) is 10.0 Å². The third kappa shape index (κ3) is 7.87. The minimum atomic E-state index is -3.32. The Hall–Kier alpha value is -2.91. The number of hydrogen-bond acceptors (Lipinski definition) is 5. The van der Waals surface area contributed by atoms with Crippen LogP contribution in [0.5, 0.6) is 5.75 Å². The molecule has 178 valence electrons. The monoisotopic (exact) mass is 473 g/mol. The van der Waals surface area contributed by atoms with E-state index in [0.29, 0.717) is 31.8 Å². The molecule has 2 aromatic rings. The lowest BCUT2D eigenvalue weighted by Gasteiger charge is -2.32. The van der Waals surface area contributed by atoms with Crippen LogP contribution in [0.1, 0.15) is 30.4 Å². The lowest BCUT2D eigenvalue weighted by molar-refractivity contribution is -0.136. The van der Waals surface area contributed by atoms with E-state index < -0.39 is 10.0 Å². The highest BCUT2D eigenvalue weighted by molar-refractivity contribution is 7.88. The zero-order chi connectivity index (χ0) is 23.7. The molecular formula is C24H31N3O5S. The van der Waals surface area contributed by atoms with Crippen LogP contribution in [0.2, 0.25) is 0 Å². The second-order valence-electron chi connectivity index (χ2n) is 8.09. The molecule has 1 aliphatic rings. The summed E-state index contributed by atoms with van der Waals surface area (Å²) in [6.45, 7) is 1.73. The van der Waals surface area contributed by atoms with Gasteiger partial charge in [0, 0.05) is 19.6 Å². The van der Waals surface area contributed by atoms with Crippen molar-refractivity contribution in [3.63, 3.8) is 0 Å². The minimum absolute atomic E-state index is 0.00413. The van der Waals surface area contributed by atoms with E-state index >= 15 is 0 Å². The van der Waals surface area contributed by atoms with E-state index in [1.165, 1.54) is 7.05 Å². The average molecular weight is 474 g/mol. The van der Waals surface area contributed by atoms with Gasteiger partial charge < -0.3 is 15.0 Å². The fourth-order valence-electron chi connectivity index (χ4n) is 3.73. The number of nitrogens with zero attached hydrogens (tertiary/aromatic N) is 1. The first-order valence-electron chi connectivity index (χ1n) is 11.1. The Morgan fingerprint density at radius 1 is 1.06 bits per heavy atom. The lowest BCUT2D eigenvalue weighted by atomic mass is 9.96. The molecule has 1 fully saturated rings. The summed E-state index contributed by atoms with van der Waals surface area (Å²) in [6, 6.07) is 16.5. The Bertz CT molecular complexity index is 1030. The van der Waals surface area contributed by atoms with Crippen molar-refractivity contribution in [1.82, 2.24) is 14.9 Å². The highest BCUT2D eigenvalue weighted by atomic mass is 32.2. The fourth-order valence-corrected chi connectivity index (χ4v) is 4.50. The highest BCUT2D eigenvalue weighted by Crippen LogP contribution is 2.18. The fraction of sp³-hybridized carbons (Fsp3) is 0.417. The first kappa shape index (κ1) is 24.7. The maximum absolute atomic E-state index is 12.7. The molecule has 0 radical (unpaired) electrons. The Morgan fingerprint density at radius 2 is 1.76 bits per heavy atom. The summed E-state index contributed by atoms with van der Waals surface area (Å²) in [4.78, 5) is 27.0. The SMILES string of the molecule is CNS(=O)(=O)Cc1ccc(CNC(=O)C2CCCN(C(=O)CCOc3ccccc3)C2)cc1. The van der Waals surface area contributed by atoms with Crippen molar-refractivity contribution in [1.29, 1.82) is 0 Å². The highest BCUT2D eigenvalue weighted by Gasteiger charge is 2.28. The molecule has 0 spiro atoms. The molecule has 2 amide bonds. The molecule has 0 aromatic heterocycles. The maximum atomic E-state index is 12.7. The summed E-state index contributed by atoms with van der Waals surface area (Å²) in [6.07, 6.45) is 1.81. The number of carbonyl (C=O) groups excluding carboxylic acids is 2. The Labute approximate surface area is 195 Å². The van der Waals surface area contributed by atoms with Crippen molar-refractivity contribution in [3.8, 4) is 5.75 Å². The number of benzene rings is 2. The summed E-state index contributed by atoms with van der Waals surface area (Å²) >= 11 is 0. The zero-order valence-electron chi connectivity index (χ0n) is 18.8. The van der Waals surface area contributed by atoms with Crippen LogP contribution in [0.3, 0.4) is 0 Å². The van der Waals surface area contributed by atoms with E-state index in [-0.39, 0.29) is 29.9 Å². The number of rotatable bonds is 10. The van der Waals surface area contributed by atoms with Crippen LogP contribution < -0.4 is 14.8 Å². The van der Waals surface area contributed by atoms with Crippen LogP contribution in [0.25, 0.3) is 0 Å². The van der Waals surface area contributed by atoms with Gasteiger partial charge in [-0.25, -0.2) is 13.1 Å². The van der Waals surface area contributed by atoms with Crippen LogP contribution in [0, 0.1) is 5.92 Å². The van der Waals surface area contributed by atoms with Gasteiger partial charge in [-0.05, 0) is 43.1 Å². The average Bonchev–Trinajstić information content (AvgIpc) is 2.84. The van der Waals surface area contributed by atoms with Crippen molar-refractivity contribution in [2.24, 2.45) is 5.92 Å². The molecule has 3 rings (SSSR count). The molecule has 0 aliphatic carbocycles. The van der Waals surface area contributed by atoms with Gasteiger partial charge in [0.1, 0.15) is 5.75 Å². The first-order chi connectivity index (χ1) is 15.9. The standard InChI is InChI=1S/C24H31N3O5S/c1-25-33(30,31)18-20-11-9-19(10-12-20)16-26-24(29)21-6-5-14-27(17-21)23(28)13-15-32-22-7-3-2-4-8-22/h2-4,7-12,21,25H,5-6,13-18H2,1H3,(H,26,29). The quantitative estimate of drug-likeness (QED) is 0.550. The van der Waals surface area contributed by atoms with Crippen LogP contribution >= 0.6 is 0 Å². The Morgan fingerprint density at radius 3 is 2.45 bits per heavy atom. The molecular weight excluding hydrogens is 442 g/mol. The molecule has 1 atom stereocenters. The number of ether oxygens (including phenoxy) is 1. The predicted octanol–water partition coefficient (Wildman–Crippen LogP) is 2.06. The summed E-state index contributed by atoms with van der Waals surface area (Å²) in [7, 11) is -1.93. The molecule has 1 aliphatic heterocycles. The first-order valence-corrected chi connectivity index (χ1v) is 12.7. The van der Waals surface area contributed by atoms with E-state index in [9.17, 15) is 18.0 Å². The second-order valence-corrected chi connectivity index (χ2v) is 10.0. The van der Waals surface area contributed by atoms with Gasteiger partial charge in [-0.3, -0.25) is 9.59 Å². The number of nitrogens with one attached hydrogen (secondary N) is 2. The molecule has 2 N–H and O–H groups in total. The van der Waals surface area contributed by atoms with E-state index in [1.807, 2.05) is 42.5 Å². The van der Waals surface area contributed by atoms with Gasteiger partial charge in [-0.15, -0.1) is 0 Å². The molecule has 0 bridgehead atoms. The maximum Gasteiger partial charge on any atom is 0.226 e.